The average Bonchev–Trinajstić information content (AvgIpc) is 3.47. The summed E-state index contributed by atoms with van der Waals surface area (Å²) < 4.78 is 27.4. The van der Waals surface area contributed by atoms with Crippen LogP contribution in [-0.4, -0.2) is 22.1 Å². The van der Waals surface area contributed by atoms with Gasteiger partial charge in [-0.05, 0) is 44.4 Å². The van der Waals surface area contributed by atoms with Crippen molar-refractivity contribution in [3.8, 4) is 11.8 Å². The molecule has 1 fully saturated rings. The highest BCUT2D eigenvalue weighted by Gasteiger charge is 2.27. The topological polar surface area (TPSA) is 73.2 Å². The Morgan fingerprint density at radius 2 is 2.00 bits per heavy atom. The van der Waals surface area contributed by atoms with Crippen molar-refractivity contribution in [2.24, 2.45) is 5.92 Å². The van der Waals surface area contributed by atoms with Crippen LogP contribution in [0.5, 0.6) is 0 Å². The van der Waals surface area contributed by atoms with Crippen LogP contribution in [0.1, 0.15) is 42.7 Å². The minimum absolute atomic E-state index is 0.160. The van der Waals surface area contributed by atoms with Gasteiger partial charge in [-0.25, -0.2) is 18.6 Å². The molecule has 0 unspecified atom stereocenters. The number of ether oxygens (including phenoxy) is 1. The number of nitrogens with one attached hydrogen (secondary N) is 1. The first kappa shape index (κ1) is 21.8. The third-order valence-corrected chi connectivity index (χ3v) is 4.67. The molecular formula is C21H20ClF2N3O3. The van der Waals surface area contributed by atoms with Gasteiger partial charge in [0.05, 0.1) is 18.6 Å². The Kier molecular flexibility index (Phi) is 6.73. The lowest BCUT2D eigenvalue weighted by Gasteiger charge is -2.24. The molecule has 2 aromatic rings. The van der Waals surface area contributed by atoms with Crippen LogP contribution in [0.25, 0.3) is 0 Å². The zero-order valence-electron chi connectivity index (χ0n) is 16.4. The number of rotatable bonds is 2. The number of carbonyl (C=O) groups is 1. The van der Waals surface area contributed by atoms with Crippen molar-refractivity contribution >= 4 is 23.4 Å². The Morgan fingerprint density at radius 3 is 2.63 bits per heavy atom. The van der Waals surface area contributed by atoms with Crippen LogP contribution in [0.15, 0.2) is 29.3 Å². The minimum atomic E-state index is -2.17. The predicted octanol–water partition coefficient (Wildman–Crippen LogP) is 4.54. The molecule has 1 atom stereocenters. The van der Waals surface area contributed by atoms with Gasteiger partial charge in [0.1, 0.15) is 0 Å². The van der Waals surface area contributed by atoms with Crippen LogP contribution in [0, 0.1) is 24.7 Å². The fourth-order valence-electron chi connectivity index (χ4n) is 2.74. The normalized spacial score (nSPS) is 17.0. The number of hydrogen-bond donors (Lipinski definition) is 1. The van der Waals surface area contributed by atoms with Gasteiger partial charge in [0.15, 0.2) is 6.10 Å². The molecule has 1 aliphatic heterocycles. The number of carbonyl (C=O) groups excluding carboxylic acids is 1. The van der Waals surface area contributed by atoms with E-state index < -0.39 is 18.6 Å². The van der Waals surface area contributed by atoms with Crippen molar-refractivity contribution in [2.45, 2.75) is 45.8 Å². The second kappa shape index (κ2) is 9.26. The third kappa shape index (κ3) is 5.80. The second-order valence-corrected chi connectivity index (χ2v) is 7.43. The van der Waals surface area contributed by atoms with E-state index in [0.717, 1.165) is 25.3 Å². The Bertz CT molecular complexity index is 1070. The van der Waals surface area contributed by atoms with Gasteiger partial charge >= 0.3 is 6.09 Å². The van der Waals surface area contributed by atoms with Crippen molar-refractivity contribution in [3.05, 3.63) is 56.7 Å². The molecule has 1 aliphatic carbocycles. The molecular weight excluding hydrogens is 416 g/mol. The minimum Gasteiger partial charge on any atom is -0.428 e. The monoisotopic (exact) mass is 435 g/mol. The maximum Gasteiger partial charge on any atom is 0.413 e. The lowest BCUT2D eigenvalue weighted by molar-refractivity contribution is 0.134. The highest BCUT2D eigenvalue weighted by molar-refractivity contribution is 6.31. The van der Waals surface area contributed by atoms with Crippen LogP contribution >= 0.6 is 11.6 Å². The van der Waals surface area contributed by atoms with E-state index in [1.807, 2.05) is 0 Å². The van der Waals surface area contributed by atoms with Crippen molar-refractivity contribution in [1.29, 1.82) is 0 Å². The van der Waals surface area contributed by atoms with E-state index in [2.05, 4.69) is 22.1 Å². The van der Waals surface area contributed by atoms with E-state index in [1.54, 1.807) is 19.1 Å². The molecule has 1 aromatic heterocycles. The zero-order chi connectivity index (χ0) is 21.8. The summed E-state index contributed by atoms with van der Waals surface area (Å²) in [6.07, 6.45) is 0.332. The maximum atomic E-state index is 12.1. The molecule has 1 saturated carbocycles. The predicted molar refractivity (Wildman–Crippen MR) is 109 cm³/mol. The first-order valence-corrected chi connectivity index (χ1v) is 9.73. The van der Waals surface area contributed by atoms with Crippen LogP contribution in [0.4, 0.5) is 19.3 Å². The highest BCUT2D eigenvalue weighted by atomic mass is 35.5. The number of cyclic esters (lactones) is 1. The molecule has 4 rings (SSSR count). The summed E-state index contributed by atoms with van der Waals surface area (Å²) in [4.78, 5) is 28.1. The standard InChI is InChI=1S/C19H16ClN3O3.C2H4F2/c1-11-6-18(24)23(10-21-11)9-13-7-16-14(8-15(13)20)17(26-19(25)22-16)5-4-12-2-3-12;1-2(3)4/h6-8,10,12,17H,2-3,9H2,1H3,(H,22,25);2H,1H3/t17-;/m0./s1. The summed E-state index contributed by atoms with van der Waals surface area (Å²) in [7, 11) is 0. The zero-order valence-corrected chi connectivity index (χ0v) is 17.2. The third-order valence-electron chi connectivity index (χ3n) is 4.32. The number of aryl methyl sites for hydroxylation is 1. The quantitative estimate of drug-likeness (QED) is 0.703. The largest absolute Gasteiger partial charge is 0.428 e. The highest BCUT2D eigenvalue weighted by Crippen LogP contribution is 2.36. The summed E-state index contributed by atoms with van der Waals surface area (Å²) in [6.45, 7) is 2.85. The van der Waals surface area contributed by atoms with E-state index >= 15 is 0 Å². The van der Waals surface area contributed by atoms with Crippen molar-refractivity contribution in [2.75, 3.05) is 5.32 Å². The number of fused-ring (bicyclic) bond motifs is 1. The van der Waals surface area contributed by atoms with Crippen molar-refractivity contribution < 1.29 is 18.3 Å². The molecule has 0 bridgehead atoms. The Balaban J connectivity index is 0.000000589. The van der Waals surface area contributed by atoms with E-state index in [9.17, 15) is 18.4 Å². The number of hydrogen-bond acceptors (Lipinski definition) is 4. The Labute approximate surface area is 177 Å². The van der Waals surface area contributed by atoms with E-state index in [-0.39, 0.29) is 12.1 Å². The second-order valence-electron chi connectivity index (χ2n) is 7.02. The molecule has 6 nitrogen and oxygen atoms in total. The summed E-state index contributed by atoms with van der Waals surface area (Å²) >= 11 is 6.42. The summed E-state index contributed by atoms with van der Waals surface area (Å²) in [6, 6.07) is 4.96. The van der Waals surface area contributed by atoms with Crippen molar-refractivity contribution in [3.63, 3.8) is 0 Å². The summed E-state index contributed by atoms with van der Waals surface area (Å²) in [5.41, 5.74) is 2.52. The molecule has 2 aliphatic rings. The van der Waals surface area contributed by atoms with Crippen LogP contribution in [0.3, 0.4) is 0 Å². The number of halogens is 3. The average molecular weight is 436 g/mol. The molecule has 0 spiro atoms. The van der Waals surface area contributed by atoms with Crippen LogP contribution < -0.4 is 10.9 Å². The van der Waals surface area contributed by atoms with E-state index in [0.29, 0.717) is 27.9 Å². The molecule has 1 N–H and O–H groups in total. The van der Waals surface area contributed by atoms with Gasteiger partial charge in [0.2, 0.25) is 6.43 Å². The Morgan fingerprint density at radius 1 is 1.30 bits per heavy atom. The van der Waals surface area contributed by atoms with Gasteiger partial charge in [0.25, 0.3) is 5.56 Å². The lowest BCUT2D eigenvalue weighted by atomic mass is 10.0. The number of anilines is 1. The van der Waals surface area contributed by atoms with Crippen LogP contribution in [0.2, 0.25) is 5.02 Å². The SMILES string of the molecule is CC(F)F.Cc1cc(=O)n(Cc2cc3c(cc2Cl)[C@H](C#CC2CC2)OC(=O)N3)cn1. The van der Waals surface area contributed by atoms with Crippen molar-refractivity contribution in [1.82, 2.24) is 9.55 Å². The number of aromatic nitrogens is 2. The van der Waals surface area contributed by atoms with Gasteiger partial charge < -0.3 is 4.74 Å². The van der Waals surface area contributed by atoms with Gasteiger partial charge in [-0.3, -0.25) is 14.7 Å². The fourth-order valence-corrected chi connectivity index (χ4v) is 2.97. The van der Waals surface area contributed by atoms with Gasteiger partial charge in [-0.2, -0.15) is 0 Å². The van der Waals surface area contributed by atoms with E-state index in [1.165, 1.54) is 17.0 Å². The maximum absolute atomic E-state index is 12.1. The van der Waals surface area contributed by atoms with Crippen LogP contribution in [-0.2, 0) is 11.3 Å². The summed E-state index contributed by atoms with van der Waals surface area (Å²) in [5, 5.41) is 3.16. The van der Waals surface area contributed by atoms with E-state index in [4.69, 9.17) is 16.3 Å². The smallest absolute Gasteiger partial charge is 0.413 e. The van der Waals surface area contributed by atoms with Gasteiger partial charge in [0, 0.05) is 28.3 Å². The number of amides is 1. The number of nitrogens with zero attached hydrogens (tertiary/aromatic N) is 2. The van der Waals surface area contributed by atoms with Gasteiger partial charge in [-0.15, -0.1) is 0 Å². The molecule has 0 radical (unpaired) electrons. The number of alkyl halides is 2. The number of benzene rings is 1. The fraction of sp³-hybridized carbons (Fsp3) is 0.381. The first-order valence-electron chi connectivity index (χ1n) is 9.35. The first-order chi connectivity index (χ1) is 14.2. The molecule has 30 heavy (non-hydrogen) atoms. The molecule has 1 aromatic carbocycles. The molecule has 1 amide bonds. The lowest BCUT2D eigenvalue weighted by Crippen LogP contribution is -2.25. The molecule has 0 saturated heterocycles. The summed E-state index contributed by atoms with van der Waals surface area (Å²) in [5.74, 6) is 6.55. The molecule has 9 heteroatoms. The molecule has 158 valence electrons. The molecule has 2 heterocycles. The van der Waals surface area contributed by atoms with Gasteiger partial charge in [-0.1, -0.05) is 23.4 Å². The Hall–Kier alpha value is -2.92.